The predicted molar refractivity (Wildman–Crippen MR) is 175 cm³/mol. The van der Waals surface area contributed by atoms with E-state index in [9.17, 15) is 28.8 Å². The molecule has 0 bridgehead atoms. The minimum atomic E-state index is -1.04. The predicted octanol–water partition coefficient (Wildman–Crippen LogP) is 6.43. The lowest BCUT2D eigenvalue weighted by Gasteiger charge is -2.15. The number of ether oxygens (including phenoxy) is 9. The van der Waals surface area contributed by atoms with Gasteiger partial charge in [-0.05, 0) is 56.2 Å². The molecule has 2 rings (SSSR count). The van der Waals surface area contributed by atoms with Gasteiger partial charge in [-0.2, -0.15) is 0 Å². The summed E-state index contributed by atoms with van der Waals surface area (Å²) in [5.74, 6) is -1.15. The lowest BCUT2D eigenvalue weighted by atomic mass is 10.1. The van der Waals surface area contributed by atoms with E-state index < -0.39 is 54.7 Å². The number of hydrogen-bond donors (Lipinski definition) is 0. The monoisotopic (exact) mass is 702 g/mol. The first-order chi connectivity index (χ1) is 23.7. The summed E-state index contributed by atoms with van der Waals surface area (Å²) in [6.45, 7) is 8.89. The van der Waals surface area contributed by atoms with Gasteiger partial charge in [-0.15, -0.1) is 0 Å². The maximum atomic E-state index is 12.5. The summed E-state index contributed by atoms with van der Waals surface area (Å²) in [7, 11) is 0. The highest BCUT2D eigenvalue weighted by molar-refractivity contribution is 5.74. The summed E-state index contributed by atoms with van der Waals surface area (Å²) in [4.78, 5) is 69.9. The van der Waals surface area contributed by atoms with Crippen molar-refractivity contribution < 1.29 is 71.4 Å². The average molecular weight is 703 g/mol. The summed E-state index contributed by atoms with van der Waals surface area (Å²) >= 11 is 0. The quantitative estimate of drug-likeness (QED) is 0.0759. The molecule has 50 heavy (non-hydrogen) atoms. The van der Waals surface area contributed by atoms with Crippen LogP contribution in [0.5, 0.6) is 17.2 Å². The molecule has 0 radical (unpaired) electrons. The van der Waals surface area contributed by atoms with Crippen LogP contribution in [0.3, 0.4) is 0 Å². The molecule has 0 fully saturated rings. The lowest BCUT2D eigenvalue weighted by molar-refractivity contribution is -0.142. The third-order valence-corrected chi connectivity index (χ3v) is 6.24. The second-order valence-electron chi connectivity index (χ2n) is 10.9. The van der Waals surface area contributed by atoms with E-state index in [4.69, 9.17) is 42.6 Å². The zero-order valence-electron chi connectivity index (χ0n) is 28.8. The summed E-state index contributed by atoms with van der Waals surface area (Å²) in [6.07, 6.45) is -0.638. The minimum Gasteiger partial charge on any atom is -0.466 e. The number of carbonyl (C=O) groups excluding carboxylic acids is 6. The van der Waals surface area contributed by atoms with E-state index >= 15 is 0 Å². The van der Waals surface area contributed by atoms with Crippen LogP contribution < -0.4 is 14.2 Å². The maximum Gasteiger partial charge on any atom is 0.514 e. The van der Waals surface area contributed by atoms with E-state index in [-0.39, 0.29) is 49.9 Å². The Balaban J connectivity index is 2.11. The van der Waals surface area contributed by atoms with Crippen LogP contribution >= 0.6 is 0 Å². The van der Waals surface area contributed by atoms with Crippen molar-refractivity contribution in [2.24, 2.45) is 0 Å². The first kappa shape index (κ1) is 40.6. The summed E-state index contributed by atoms with van der Waals surface area (Å²) < 4.78 is 46.0. The molecular weight excluding hydrogens is 660 g/mol. The van der Waals surface area contributed by atoms with Crippen LogP contribution in [0, 0.1) is 0 Å². The lowest BCUT2D eigenvalue weighted by Crippen LogP contribution is -2.21. The van der Waals surface area contributed by atoms with Crippen molar-refractivity contribution in [3.63, 3.8) is 0 Å². The fourth-order valence-electron chi connectivity index (χ4n) is 3.78. The SMILES string of the molecule is CC(=O)OCC[C@@H](C)OC(=O)Oc1ccc(/C=C/c2cc(OC(=O)O[C@H](C)CCOC(C)=O)cc(OC(=O)O[C@H](C)CCOC(C)=O)c2)cc1. The van der Waals surface area contributed by atoms with E-state index in [0.29, 0.717) is 17.5 Å². The van der Waals surface area contributed by atoms with Gasteiger partial charge in [0, 0.05) is 46.1 Å². The topological polar surface area (TPSA) is 185 Å². The second kappa shape index (κ2) is 21.4. The molecule has 0 N–H and O–H groups in total. The zero-order chi connectivity index (χ0) is 37.1. The molecule has 3 atom stereocenters. The third-order valence-electron chi connectivity index (χ3n) is 6.24. The van der Waals surface area contributed by atoms with Gasteiger partial charge in [0.2, 0.25) is 0 Å². The Morgan fingerprint density at radius 1 is 0.500 bits per heavy atom. The first-order valence-electron chi connectivity index (χ1n) is 15.7. The minimum absolute atomic E-state index is 0.0145. The van der Waals surface area contributed by atoms with Crippen LogP contribution in [0.4, 0.5) is 14.4 Å². The Hall–Kier alpha value is -5.60. The van der Waals surface area contributed by atoms with Gasteiger partial charge in [-0.1, -0.05) is 24.3 Å². The Bertz CT molecular complexity index is 1420. The Morgan fingerprint density at radius 3 is 1.20 bits per heavy atom. The Kier molecular flexibility index (Phi) is 17.4. The fourth-order valence-corrected chi connectivity index (χ4v) is 3.78. The van der Waals surface area contributed by atoms with E-state index in [2.05, 4.69) is 0 Å². The average Bonchev–Trinajstić information content (AvgIpc) is 2.99. The Labute approximate surface area is 289 Å². The van der Waals surface area contributed by atoms with Crippen molar-refractivity contribution in [1.82, 2.24) is 0 Å². The molecule has 0 aliphatic carbocycles. The molecule has 0 spiro atoms. The number of benzene rings is 2. The highest BCUT2D eigenvalue weighted by Crippen LogP contribution is 2.26. The first-order valence-corrected chi connectivity index (χ1v) is 15.7. The summed E-state index contributed by atoms with van der Waals surface area (Å²) in [6, 6.07) is 10.7. The van der Waals surface area contributed by atoms with Crippen LogP contribution in [0.2, 0.25) is 0 Å². The van der Waals surface area contributed by atoms with Crippen LogP contribution in [0.1, 0.15) is 71.9 Å². The van der Waals surface area contributed by atoms with Crippen LogP contribution in [-0.2, 0) is 42.8 Å². The van der Waals surface area contributed by atoms with E-state index in [1.54, 1.807) is 57.2 Å². The van der Waals surface area contributed by atoms with Gasteiger partial charge in [-0.25, -0.2) is 14.4 Å². The van der Waals surface area contributed by atoms with Crippen molar-refractivity contribution in [3.8, 4) is 17.2 Å². The van der Waals surface area contributed by atoms with Crippen molar-refractivity contribution in [1.29, 1.82) is 0 Å². The number of carbonyl (C=O) groups is 6. The van der Waals surface area contributed by atoms with Gasteiger partial charge in [0.25, 0.3) is 0 Å². The highest BCUT2D eigenvalue weighted by atomic mass is 16.7. The number of hydrogen-bond acceptors (Lipinski definition) is 15. The molecule has 0 saturated heterocycles. The molecule has 2 aromatic rings. The molecule has 0 unspecified atom stereocenters. The van der Waals surface area contributed by atoms with E-state index in [1.165, 1.54) is 39.0 Å². The van der Waals surface area contributed by atoms with Gasteiger partial charge in [0.15, 0.2) is 0 Å². The van der Waals surface area contributed by atoms with Gasteiger partial charge in [0.05, 0.1) is 19.8 Å². The zero-order valence-corrected chi connectivity index (χ0v) is 28.8. The largest absolute Gasteiger partial charge is 0.514 e. The molecule has 0 aromatic heterocycles. The molecule has 0 saturated carbocycles. The van der Waals surface area contributed by atoms with Crippen LogP contribution in [-0.4, -0.2) is 74.5 Å². The van der Waals surface area contributed by atoms with Crippen molar-refractivity contribution in [3.05, 3.63) is 53.6 Å². The standard InChI is InChI=1S/C35H42O15/c1-22(13-16-42-25(4)36)45-33(39)48-30-11-9-28(10-12-30)7-8-29-19-31(49-34(40)46-23(2)14-17-43-26(5)37)21-32(20-29)50-35(41)47-24(3)15-18-44-27(6)38/h7-12,19-24H,13-18H2,1-6H3/b8-7+/t22-,23-,24-/m1/s1. The molecule has 15 nitrogen and oxygen atoms in total. The number of esters is 3. The maximum absolute atomic E-state index is 12.5. The molecule has 0 aliphatic rings. The van der Waals surface area contributed by atoms with Gasteiger partial charge in [0.1, 0.15) is 35.6 Å². The highest BCUT2D eigenvalue weighted by Gasteiger charge is 2.17. The molecule has 0 heterocycles. The molecule has 15 heteroatoms. The third kappa shape index (κ3) is 18.1. The molecule has 2 aromatic carbocycles. The summed E-state index contributed by atoms with van der Waals surface area (Å²) in [5.41, 5.74) is 1.15. The Morgan fingerprint density at radius 2 is 0.840 bits per heavy atom. The van der Waals surface area contributed by atoms with E-state index in [0.717, 1.165) is 0 Å². The number of rotatable bonds is 17. The second-order valence-corrected chi connectivity index (χ2v) is 10.9. The van der Waals surface area contributed by atoms with Crippen LogP contribution in [0.15, 0.2) is 42.5 Å². The van der Waals surface area contributed by atoms with Crippen molar-refractivity contribution in [2.45, 2.75) is 79.1 Å². The van der Waals surface area contributed by atoms with Gasteiger partial charge < -0.3 is 42.6 Å². The summed E-state index contributed by atoms with van der Waals surface area (Å²) in [5, 5.41) is 0. The molecular formula is C35H42O15. The smallest absolute Gasteiger partial charge is 0.466 e. The molecule has 0 aliphatic heterocycles. The fraction of sp³-hybridized carbons (Fsp3) is 0.429. The van der Waals surface area contributed by atoms with E-state index in [1.807, 2.05) is 0 Å². The van der Waals surface area contributed by atoms with Gasteiger partial charge in [-0.3, -0.25) is 14.4 Å². The van der Waals surface area contributed by atoms with Gasteiger partial charge >= 0.3 is 36.4 Å². The molecule has 272 valence electrons. The van der Waals surface area contributed by atoms with Crippen molar-refractivity contribution >= 4 is 48.5 Å². The van der Waals surface area contributed by atoms with Crippen LogP contribution in [0.25, 0.3) is 12.2 Å². The van der Waals surface area contributed by atoms with Crippen molar-refractivity contribution in [2.75, 3.05) is 19.8 Å². The normalized spacial score (nSPS) is 12.4. The molecule has 0 amide bonds.